The summed E-state index contributed by atoms with van der Waals surface area (Å²) >= 11 is 1.38. The van der Waals surface area contributed by atoms with Crippen LogP contribution in [-0.4, -0.2) is 5.91 Å². The molecule has 3 N–H and O–H groups in total. The maximum Gasteiger partial charge on any atom is 0.275 e. The Kier molecular flexibility index (Phi) is 4.54. The number of ether oxygens (including phenoxy) is 1. The number of aryl methyl sites for hydroxylation is 1. The van der Waals surface area contributed by atoms with E-state index in [1.807, 2.05) is 18.2 Å². The van der Waals surface area contributed by atoms with Gasteiger partial charge in [0.2, 0.25) is 0 Å². The van der Waals surface area contributed by atoms with Crippen LogP contribution in [0.3, 0.4) is 0 Å². The minimum atomic E-state index is -0.274. The fourth-order valence-electron chi connectivity index (χ4n) is 1.62. The molecule has 0 atom stereocenters. The van der Waals surface area contributed by atoms with Crippen molar-refractivity contribution in [3.05, 3.63) is 51.7 Å². The Bertz CT molecular complexity index is 549. The maximum atomic E-state index is 11.3. The van der Waals surface area contributed by atoms with Gasteiger partial charge in [-0.1, -0.05) is 19.1 Å². The molecule has 1 aromatic heterocycles. The van der Waals surface area contributed by atoms with E-state index in [0.29, 0.717) is 11.5 Å². The molecule has 0 fully saturated rings. The average Bonchev–Trinajstić information content (AvgIpc) is 2.93. The van der Waals surface area contributed by atoms with Crippen LogP contribution in [0.1, 0.15) is 27.0 Å². The number of carbonyl (C=O) groups excluding carboxylic acids is 1. The SMILES string of the molecule is CCc1ccc(OCc2ccc(C(=O)NN)s2)cc1. The molecule has 0 bridgehead atoms. The predicted molar refractivity (Wildman–Crippen MR) is 76.1 cm³/mol. The normalized spacial score (nSPS) is 10.2. The molecule has 0 aliphatic heterocycles. The van der Waals surface area contributed by atoms with Crippen LogP contribution in [0.25, 0.3) is 0 Å². The average molecular weight is 276 g/mol. The second kappa shape index (κ2) is 6.36. The molecule has 5 heteroatoms. The van der Waals surface area contributed by atoms with E-state index in [4.69, 9.17) is 10.6 Å². The molecule has 0 aliphatic carbocycles. The summed E-state index contributed by atoms with van der Waals surface area (Å²) < 4.78 is 5.67. The number of amides is 1. The molecule has 4 nitrogen and oxygen atoms in total. The molecule has 1 heterocycles. The van der Waals surface area contributed by atoms with Crippen LogP contribution >= 0.6 is 11.3 Å². The van der Waals surface area contributed by atoms with Gasteiger partial charge in [-0.2, -0.15) is 0 Å². The van der Waals surface area contributed by atoms with Gasteiger partial charge in [0, 0.05) is 4.88 Å². The van der Waals surface area contributed by atoms with Gasteiger partial charge in [0.05, 0.1) is 4.88 Å². The zero-order valence-corrected chi connectivity index (χ0v) is 11.5. The van der Waals surface area contributed by atoms with Gasteiger partial charge < -0.3 is 4.74 Å². The molecule has 1 aromatic carbocycles. The Morgan fingerprint density at radius 3 is 2.63 bits per heavy atom. The van der Waals surface area contributed by atoms with E-state index in [2.05, 4.69) is 24.5 Å². The van der Waals surface area contributed by atoms with Crippen LogP contribution in [0.4, 0.5) is 0 Å². The molecule has 0 radical (unpaired) electrons. The van der Waals surface area contributed by atoms with Crippen LogP contribution in [0.2, 0.25) is 0 Å². The Balaban J connectivity index is 1.94. The molecule has 1 amide bonds. The molecule has 100 valence electrons. The molecule has 2 rings (SSSR count). The molecule has 0 saturated carbocycles. The highest BCUT2D eigenvalue weighted by Crippen LogP contribution is 2.19. The number of rotatable bonds is 5. The van der Waals surface area contributed by atoms with Crippen LogP contribution < -0.4 is 16.0 Å². The highest BCUT2D eigenvalue weighted by atomic mass is 32.1. The lowest BCUT2D eigenvalue weighted by atomic mass is 10.2. The first-order valence-electron chi connectivity index (χ1n) is 6.04. The Morgan fingerprint density at radius 1 is 1.26 bits per heavy atom. The van der Waals surface area contributed by atoms with Gasteiger partial charge in [-0.3, -0.25) is 10.2 Å². The summed E-state index contributed by atoms with van der Waals surface area (Å²) in [5.41, 5.74) is 3.39. The number of nitrogens with two attached hydrogens (primary N) is 1. The van der Waals surface area contributed by atoms with Gasteiger partial charge >= 0.3 is 0 Å². The van der Waals surface area contributed by atoms with Crippen molar-refractivity contribution in [1.29, 1.82) is 0 Å². The van der Waals surface area contributed by atoms with Crippen molar-refractivity contribution in [1.82, 2.24) is 5.43 Å². The van der Waals surface area contributed by atoms with Crippen molar-refractivity contribution in [3.63, 3.8) is 0 Å². The lowest BCUT2D eigenvalue weighted by molar-refractivity contribution is 0.0957. The van der Waals surface area contributed by atoms with E-state index in [1.54, 1.807) is 6.07 Å². The lowest BCUT2D eigenvalue weighted by Crippen LogP contribution is -2.29. The zero-order valence-electron chi connectivity index (χ0n) is 10.7. The summed E-state index contributed by atoms with van der Waals surface area (Å²) in [7, 11) is 0. The van der Waals surface area contributed by atoms with Crippen molar-refractivity contribution in [3.8, 4) is 5.75 Å². The summed E-state index contributed by atoms with van der Waals surface area (Å²) in [5, 5.41) is 0. The van der Waals surface area contributed by atoms with Gasteiger partial charge in [-0.25, -0.2) is 5.84 Å². The summed E-state index contributed by atoms with van der Waals surface area (Å²) in [6.07, 6.45) is 1.02. The molecule has 19 heavy (non-hydrogen) atoms. The Labute approximate surface area is 116 Å². The maximum absolute atomic E-state index is 11.3. The molecular formula is C14H16N2O2S. The standard InChI is InChI=1S/C14H16N2O2S/c1-2-10-3-5-11(6-4-10)18-9-12-7-8-13(19-12)14(17)16-15/h3-8H,2,9,15H2,1H3,(H,16,17). The first kappa shape index (κ1) is 13.6. The van der Waals surface area contributed by atoms with Crippen LogP contribution in [0.5, 0.6) is 5.75 Å². The van der Waals surface area contributed by atoms with Crippen molar-refractivity contribution in [2.75, 3.05) is 0 Å². The van der Waals surface area contributed by atoms with Crippen molar-refractivity contribution < 1.29 is 9.53 Å². The summed E-state index contributed by atoms with van der Waals surface area (Å²) in [5.74, 6) is 5.64. The number of benzene rings is 1. The quantitative estimate of drug-likeness (QED) is 0.501. The van der Waals surface area contributed by atoms with Crippen molar-refractivity contribution >= 4 is 17.2 Å². The minimum Gasteiger partial charge on any atom is -0.488 e. The number of nitrogen functional groups attached to an aromatic ring is 1. The van der Waals surface area contributed by atoms with Crippen LogP contribution in [-0.2, 0) is 13.0 Å². The van der Waals surface area contributed by atoms with Crippen molar-refractivity contribution in [2.24, 2.45) is 5.84 Å². The van der Waals surface area contributed by atoms with E-state index in [-0.39, 0.29) is 5.91 Å². The number of carbonyl (C=O) groups is 1. The first-order valence-corrected chi connectivity index (χ1v) is 6.86. The highest BCUT2D eigenvalue weighted by Gasteiger charge is 2.07. The molecule has 2 aromatic rings. The van der Waals surface area contributed by atoms with Crippen LogP contribution in [0, 0.1) is 0 Å². The second-order valence-corrected chi connectivity index (χ2v) is 5.19. The monoisotopic (exact) mass is 276 g/mol. The first-order chi connectivity index (χ1) is 9.22. The molecule has 0 saturated heterocycles. The third kappa shape index (κ3) is 3.56. The number of hydrogen-bond acceptors (Lipinski definition) is 4. The lowest BCUT2D eigenvalue weighted by Gasteiger charge is -2.05. The third-order valence-electron chi connectivity index (χ3n) is 2.73. The summed E-state index contributed by atoms with van der Waals surface area (Å²) in [6.45, 7) is 2.57. The summed E-state index contributed by atoms with van der Waals surface area (Å²) in [6, 6.07) is 11.6. The number of hydrogen-bond donors (Lipinski definition) is 2. The minimum absolute atomic E-state index is 0.274. The van der Waals surface area contributed by atoms with Gasteiger partial charge in [0.1, 0.15) is 12.4 Å². The Morgan fingerprint density at radius 2 is 2.00 bits per heavy atom. The van der Waals surface area contributed by atoms with Crippen LogP contribution in [0.15, 0.2) is 36.4 Å². The number of thiophene rings is 1. The fourth-order valence-corrected chi connectivity index (χ4v) is 2.45. The van der Waals surface area contributed by atoms with Gasteiger partial charge in [-0.05, 0) is 36.2 Å². The van der Waals surface area contributed by atoms with E-state index < -0.39 is 0 Å². The van der Waals surface area contributed by atoms with E-state index in [9.17, 15) is 4.79 Å². The second-order valence-electron chi connectivity index (χ2n) is 4.03. The number of hydrazine groups is 1. The fraction of sp³-hybridized carbons (Fsp3) is 0.214. The summed E-state index contributed by atoms with van der Waals surface area (Å²) in [4.78, 5) is 12.9. The van der Waals surface area contributed by atoms with E-state index in [0.717, 1.165) is 17.0 Å². The third-order valence-corrected chi connectivity index (χ3v) is 3.79. The van der Waals surface area contributed by atoms with Gasteiger partial charge in [-0.15, -0.1) is 11.3 Å². The topological polar surface area (TPSA) is 64.3 Å². The van der Waals surface area contributed by atoms with Crippen molar-refractivity contribution in [2.45, 2.75) is 20.0 Å². The predicted octanol–water partition coefficient (Wildman–Crippen LogP) is 2.49. The number of nitrogens with one attached hydrogen (secondary N) is 1. The van der Waals surface area contributed by atoms with Gasteiger partial charge in [0.15, 0.2) is 0 Å². The Hall–Kier alpha value is -1.85. The largest absolute Gasteiger partial charge is 0.488 e. The highest BCUT2D eigenvalue weighted by molar-refractivity contribution is 7.14. The molecular weight excluding hydrogens is 260 g/mol. The molecule has 0 unspecified atom stereocenters. The van der Waals surface area contributed by atoms with E-state index >= 15 is 0 Å². The smallest absolute Gasteiger partial charge is 0.275 e. The van der Waals surface area contributed by atoms with Gasteiger partial charge in [0.25, 0.3) is 5.91 Å². The zero-order chi connectivity index (χ0) is 13.7. The molecule has 0 spiro atoms. The molecule has 0 aliphatic rings. The van der Waals surface area contributed by atoms with E-state index in [1.165, 1.54) is 16.9 Å².